The highest BCUT2D eigenvalue weighted by Gasteiger charge is 2.30. The molecule has 1 aliphatic rings. The van der Waals surface area contributed by atoms with Gasteiger partial charge in [0.25, 0.3) is 0 Å². The van der Waals surface area contributed by atoms with Gasteiger partial charge in [0.05, 0.1) is 6.10 Å². The van der Waals surface area contributed by atoms with E-state index < -0.39 is 0 Å². The SMILES string of the molecule is CCC1CCCCC1C(O)c1ccc2ccccc2c1. The monoisotopic (exact) mass is 268 g/mol. The van der Waals surface area contributed by atoms with E-state index in [4.69, 9.17) is 0 Å². The van der Waals surface area contributed by atoms with Gasteiger partial charge in [-0.1, -0.05) is 69.0 Å². The van der Waals surface area contributed by atoms with Gasteiger partial charge in [-0.05, 0) is 40.7 Å². The molecule has 1 heteroatoms. The highest BCUT2D eigenvalue weighted by molar-refractivity contribution is 5.83. The number of benzene rings is 2. The van der Waals surface area contributed by atoms with Crippen LogP contribution in [0, 0.1) is 11.8 Å². The molecule has 0 aromatic heterocycles. The minimum Gasteiger partial charge on any atom is -0.388 e. The molecule has 1 fully saturated rings. The molecule has 3 atom stereocenters. The zero-order valence-electron chi connectivity index (χ0n) is 12.3. The lowest BCUT2D eigenvalue weighted by molar-refractivity contribution is 0.0453. The van der Waals surface area contributed by atoms with Gasteiger partial charge in [-0.3, -0.25) is 0 Å². The molecule has 3 rings (SSSR count). The Hall–Kier alpha value is -1.34. The Morgan fingerprint density at radius 1 is 1.05 bits per heavy atom. The summed E-state index contributed by atoms with van der Waals surface area (Å²) in [4.78, 5) is 0. The van der Waals surface area contributed by atoms with Crippen LogP contribution in [0.15, 0.2) is 42.5 Å². The van der Waals surface area contributed by atoms with E-state index in [0.29, 0.717) is 11.8 Å². The standard InChI is InChI=1S/C19H24O/c1-2-14-7-5-6-10-18(14)19(20)17-12-11-15-8-3-4-9-16(15)13-17/h3-4,8-9,11-14,18-20H,2,5-7,10H2,1H3. The quantitative estimate of drug-likeness (QED) is 0.822. The molecule has 0 spiro atoms. The van der Waals surface area contributed by atoms with Gasteiger partial charge in [0, 0.05) is 0 Å². The molecular weight excluding hydrogens is 244 g/mol. The molecule has 0 amide bonds. The van der Waals surface area contributed by atoms with Crippen molar-refractivity contribution in [3.8, 4) is 0 Å². The summed E-state index contributed by atoms with van der Waals surface area (Å²) in [5.41, 5.74) is 1.09. The lowest BCUT2D eigenvalue weighted by Gasteiger charge is -2.34. The first-order valence-electron chi connectivity index (χ1n) is 7.96. The predicted octanol–water partition coefficient (Wildman–Crippen LogP) is 5.09. The van der Waals surface area contributed by atoms with Gasteiger partial charge < -0.3 is 5.11 Å². The summed E-state index contributed by atoms with van der Waals surface area (Å²) in [6.07, 6.45) is 5.95. The second-order valence-corrected chi connectivity index (χ2v) is 6.17. The van der Waals surface area contributed by atoms with Crippen LogP contribution in [0.4, 0.5) is 0 Å². The van der Waals surface area contributed by atoms with Gasteiger partial charge in [0.15, 0.2) is 0 Å². The lowest BCUT2D eigenvalue weighted by Crippen LogP contribution is -2.25. The Labute approximate surface area is 121 Å². The molecular formula is C19H24O. The van der Waals surface area contributed by atoms with Crippen LogP contribution in [0.25, 0.3) is 10.8 Å². The fourth-order valence-corrected chi connectivity index (χ4v) is 3.80. The van der Waals surface area contributed by atoms with Gasteiger partial charge in [0.2, 0.25) is 0 Å². The molecule has 0 bridgehead atoms. The van der Waals surface area contributed by atoms with Gasteiger partial charge in [-0.25, -0.2) is 0 Å². The van der Waals surface area contributed by atoms with E-state index in [0.717, 1.165) is 5.56 Å². The number of hydrogen-bond donors (Lipinski definition) is 1. The maximum atomic E-state index is 10.8. The number of aliphatic hydroxyl groups is 1. The van der Waals surface area contributed by atoms with Gasteiger partial charge in [-0.15, -0.1) is 0 Å². The maximum Gasteiger partial charge on any atom is 0.0821 e. The minimum absolute atomic E-state index is 0.301. The van der Waals surface area contributed by atoms with Crippen molar-refractivity contribution in [1.82, 2.24) is 0 Å². The molecule has 0 heterocycles. The molecule has 0 saturated heterocycles. The summed E-state index contributed by atoms with van der Waals surface area (Å²) in [6, 6.07) is 14.8. The van der Waals surface area contributed by atoms with Crippen LogP contribution < -0.4 is 0 Å². The topological polar surface area (TPSA) is 20.2 Å². The number of rotatable bonds is 3. The van der Waals surface area contributed by atoms with Crippen molar-refractivity contribution in [2.24, 2.45) is 11.8 Å². The van der Waals surface area contributed by atoms with E-state index in [1.165, 1.54) is 42.9 Å². The van der Waals surface area contributed by atoms with E-state index in [1.54, 1.807) is 0 Å². The smallest absolute Gasteiger partial charge is 0.0821 e. The first kappa shape index (κ1) is 13.6. The summed E-state index contributed by atoms with van der Waals surface area (Å²) < 4.78 is 0. The molecule has 2 aromatic carbocycles. The first-order valence-corrected chi connectivity index (χ1v) is 7.96. The highest BCUT2D eigenvalue weighted by atomic mass is 16.3. The van der Waals surface area contributed by atoms with Crippen molar-refractivity contribution in [3.63, 3.8) is 0 Å². The molecule has 106 valence electrons. The average Bonchev–Trinajstić information content (AvgIpc) is 2.53. The summed E-state index contributed by atoms with van der Waals surface area (Å²) in [5, 5.41) is 13.3. The Morgan fingerprint density at radius 2 is 1.80 bits per heavy atom. The summed E-state index contributed by atoms with van der Waals surface area (Å²) in [5.74, 6) is 1.13. The van der Waals surface area contributed by atoms with Gasteiger partial charge >= 0.3 is 0 Å². The Balaban J connectivity index is 1.89. The first-order chi connectivity index (χ1) is 9.79. The predicted molar refractivity (Wildman–Crippen MR) is 84.6 cm³/mol. The van der Waals surface area contributed by atoms with Crippen LogP contribution in [-0.4, -0.2) is 5.11 Å². The van der Waals surface area contributed by atoms with Crippen molar-refractivity contribution >= 4 is 10.8 Å². The molecule has 2 aromatic rings. The van der Waals surface area contributed by atoms with Crippen molar-refractivity contribution in [1.29, 1.82) is 0 Å². The third-order valence-corrected chi connectivity index (χ3v) is 5.01. The summed E-state index contributed by atoms with van der Waals surface area (Å²) in [7, 11) is 0. The maximum absolute atomic E-state index is 10.8. The molecule has 3 unspecified atom stereocenters. The second kappa shape index (κ2) is 5.97. The normalized spacial score (nSPS) is 24.7. The van der Waals surface area contributed by atoms with E-state index in [1.807, 2.05) is 0 Å². The Kier molecular flexibility index (Phi) is 4.07. The number of aliphatic hydroxyl groups excluding tert-OH is 1. The molecule has 1 N–H and O–H groups in total. The molecule has 0 radical (unpaired) electrons. The van der Waals surface area contributed by atoms with Crippen molar-refractivity contribution < 1.29 is 5.11 Å². The van der Waals surface area contributed by atoms with Crippen molar-refractivity contribution in [2.45, 2.75) is 45.1 Å². The second-order valence-electron chi connectivity index (χ2n) is 6.17. The minimum atomic E-state index is -0.301. The third-order valence-electron chi connectivity index (χ3n) is 5.01. The van der Waals surface area contributed by atoms with Crippen LogP contribution in [0.3, 0.4) is 0 Å². The molecule has 0 aliphatic heterocycles. The van der Waals surface area contributed by atoms with Gasteiger partial charge in [0.1, 0.15) is 0 Å². The van der Waals surface area contributed by atoms with Crippen LogP contribution >= 0.6 is 0 Å². The van der Waals surface area contributed by atoms with Crippen LogP contribution in [0.5, 0.6) is 0 Å². The number of hydrogen-bond acceptors (Lipinski definition) is 1. The zero-order valence-corrected chi connectivity index (χ0v) is 12.3. The summed E-state index contributed by atoms with van der Waals surface area (Å²) >= 11 is 0. The Bertz CT molecular complexity index is 575. The molecule has 1 nitrogen and oxygen atoms in total. The fraction of sp³-hybridized carbons (Fsp3) is 0.474. The zero-order chi connectivity index (χ0) is 13.9. The fourth-order valence-electron chi connectivity index (χ4n) is 3.80. The highest BCUT2D eigenvalue weighted by Crippen LogP contribution is 2.40. The van der Waals surface area contributed by atoms with Crippen molar-refractivity contribution in [3.05, 3.63) is 48.0 Å². The van der Waals surface area contributed by atoms with E-state index in [9.17, 15) is 5.11 Å². The van der Waals surface area contributed by atoms with E-state index in [-0.39, 0.29) is 6.10 Å². The Morgan fingerprint density at radius 3 is 2.60 bits per heavy atom. The van der Waals surface area contributed by atoms with Crippen LogP contribution in [0.1, 0.15) is 50.7 Å². The number of fused-ring (bicyclic) bond motifs is 1. The largest absolute Gasteiger partial charge is 0.388 e. The van der Waals surface area contributed by atoms with Gasteiger partial charge in [-0.2, -0.15) is 0 Å². The third kappa shape index (κ3) is 2.60. The van der Waals surface area contributed by atoms with Crippen molar-refractivity contribution in [2.75, 3.05) is 0 Å². The van der Waals surface area contributed by atoms with Crippen LogP contribution in [0.2, 0.25) is 0 Å². The van der Waals surface area contributed by atoms with E-state index in [2.05, 4.69) is 49.4 Å². The average molecular weight is 268 g/mol. The van der Waals surface area contributed by atoms with E-state index >= 15 is 0 Å². The molecule has 1 saturated carbocycles. The molecule has 1 aliphatic carbocycles. The van der Waals surface area contributed by atoms with Crippen LogP contribution in [-0.2, 0) is 0 Å². The summed E-state index contributed by atoms with van der Waals surface area (Å²) in [6.45, 7) is 2.26. The molecule has 20 heavy (non-hydrogen) atoms. The lowest BCUT2D eigenvalue weighted by atomic mass is 9.73.